The highest BCUT2D eigenvalue weighted by Gasteiger charge is 1.98. The molecule has 0 aliphatic carbocycles. The van der Waals surface area contributed by atoms with Crippen LogP contribution in [0.5, 0.6) is 0 Å². The van der Waals surface area contributed by atoms with Crippen LogP contribution in [0.3, 0.4) is 0 Å². The molecule has 0 heterocycles. The summed E-state index contributed by atoms with van der Waals surface area (Å²) >= 11 is 1.68. The molecule has 2 rings (SSSR count). The van der Waals surface area contributed by atoms with E-state index in [1.165, 1.54) is 4.90 Å². The summed E-state index contributed by atoms with van der Waals surface area (Å²) in [6, 6.07) is 19.5. The van der Waals surface area contributed by atoms with Crippen LogP contribution in [0, 0.1) is 23.7 Å². The average molecular weight is 310 g/mol. The summed E-state index contributed by atoms with van der Waals surface area (Å²) in [6.45, 7) is 0. The smallest absolute Gasteiger partial charge is 0.0904 e. The molecule has 0 saturated carbocycles. The molecule has 1 unspecified atom stereocenters. The van der Waals surface area contributed by atoms with E-state index in [1.807, 2.05) is 48.5 Å². The van der Waals surface area contributed by atoms with E-state index in [-0.39, 0.29) is 0 Å². The summed E-state index contributed by atoms with van der Waals surface area (Å²) in [5.74, 6) is 12.4. The van der Waals surface area contributed by atoms with Gasteiger partial charge in [0.1, 0.15) is 0 Å². The number of hydrogen-bond donors (Lipinski definition) is 0. The zero-order valence-electron chi connectivity index (χ0n) is 11.4. The maximum absolute atomic E-state index is 11.9. The van der Waals surface area contributed by atoms with Crippen LogP contribution in [-0.4, -0.2) is 15.7 Å². The van der Waals surface area contributed by atoms with Gasteiger partial charge in [0.15, 0.2) is 0 Å². The molecule has 0 radical (unpaired) electrons. The van der Waals surface area contributed by atoms with E-state index in [9.17, 15) is 4.21 Å². The molecule has 2 aromatic rings. The fourth-order valence-electron chi connectivity index (χ4n) is 1.52. The highest BCUT2D eigenvalue weighted by Crippen LogP contribution is 2.15. The van der Waals surface area contributed by atoms with E-state index < -0.39 is 10.8 Å². The van der Waals surface area contributed by atoms with E-state index in [1.54, 1.807) is 11.8 Å². The lowest BCUT2D eigenvalue weighted by molar-refractivity contribution is 0.685. The van der Waals surface area contributed by atoms with Crippen molar-refractivity contribution in [3.8, 4) is 23.7 Å². The van der Waals surface area contributed by atoms with Gasteiger partial charge in [-0.15, -0.1) is 11.8 Å². The summed E-state index contributed by atoms with van der Waals surface area (Å²) in [4.78, 5) is 2.00. The monoisotopic (exact) mass is 310 g/mol. The highest BCUT2D eigenvalue weighted by atomic mass is 32.2. The summed E-state index contributed by atoms with van der Waals surface area (Å²) in [6.07, 6.45) is 0. The van der Waals surface area contributed by atoms with Crippen LogP contribution in [0.25, 0.3) is 0 Å². The molecule has 2 aromatic carbocycles. The van der Waals surface area contributed by atoms with Gasteiger partial charge in [0.05, 0.1) is 22.3 Å². The van der Waals surface area contributed by atoms with Crippen LogP contribution >= 0.6 is 11.8 Å². The van der Waals surface area contributed by atoms with Crippen LogP contribution in [0.15, 0.2) is 70.5 Å². The van der Waals surface area contributed by atoms with E-state index in [0.717, 1.165) is 4.90 Å². The fourth-order valence-corrected chi connectivity index (χ4v) is 3.01. The molecule has 0 N–H and O–H groups in total. The quantitative estimate of drug-likeness (QED) is 0.634. The maximum atomic E-state index is 11.9. The van der Waals surface area contributed by atoms with Crippen LogP contribution in [0.4, 0.5) is 0 Å². The van der Waals surface area contributed by atoms with Crippen molar-refractivity contribution in [3.63, 3.8) is 0 Å². The molecule has 0 spiro atoms. The Kier molecular flexibility index (Phi) is 6.68. The van der Waals surface area contributed by atoms with E-state index in [0.29, 0.717) is 11.5 Å². The van der Waals surface area contributed by atoms with Crippen LogP contribution in [0.1, 0.15) is 0 Å². The second kappa shape index (κ2) is 9.08. The zero-order chi connectivity index (χ0) is 14.8. The van der Waals surface area contributed by atoms with Crippen molar-refractivity contribution in [2.45, 2.75) is 9.79 Å². The minimum atomic E-state index is -1.07. The molecule has 0 bridgehead atoms. The molecule has 0 aliphatic rings. The van der Waals surface area contributed by atoms with E-state index in [2.05, 4.69) is 35.8 Å². The first kappa shape index (κ1) is 15.4. The predicted molar refractivity (Wildman–Crippen MR) is 90.4 cm³/mol. The average Bonchev–Trinajstić information content (AvgIpc) is 2.55. The Morgan fingerprint density at radius 1 is 0.857 bits per heavy atom. The van der Waals surface area contributed by atoms with Crippen molar-refractivity contribution in [3.05, 3.63) is 60.7 Å². The van der Waals surface area contributed by atoms with E-state index >= 15 is 0 Å². The lowest BCUT2D eigenvalue weighted by Crippen LogP contribution is -1.94. The first-order valence-electron chi connectivity index (χ1n) is 6.43. The second-order valence-electron chi connectivity index (χ2n) is 4.01. The molecule has 104 valence electrons. The molecular weight excluding hydrogens is 296 g/mol. The van der Waals surface area contributed by atoms with Crippen LogP contribution < -0.4 is 0 Å². The van der Waals surface area contributed by atoms with Gasteiger partial charge in [-0.3, -0.25) is 4.21 Å². The Labute approximate surface area is 132 Å². The van der Waals surface area contributed by atoms with Gasteiger partial charge in [0.25, 0.3) is 0 Å². The second-order valence-corrected chi connectivity index (χ2v) is 6.51. The third-order valence-corrected chi connectivity index (χ3v) is 4.60. The molecule has 0 saturated heterocycles. The molecule has 0 amide bonds. The molecule has 0 fully saturated rings. The van der Waals surface area contributed by atoms with Gasteiger partial charge >= 0.3 is 0 Å². The normalized spacial score (nSPS) is 10.7. The minimum absolute atomic E-state index is 0.324. The van der Waals surface area contributed by atoms with Gasteiger partial charge in [-0.1, -0.05) is 48.2 Å². The van der Waals surface area contributed by atoms with Crippen LogP contribution in [0.2, 0.25) is 0 Å². The van der Waals surface area contributed by atoms with E-state index in [4.69, 9.17) is 0 Å². The van der Waals surface area contributed by atoms with Gasteiger partial charge in [-0.05, 0) is 36.1 Å². The van der Waals surface area contributed by atoms with Crippen molar-refractivity contribution in [1.29, 1.82) is 0 Å². The number of thioether (sulfide) groups is 1. The van der Waals surface area contributed by atoms with Gasteiger partial charge < -0.3 is 0 Å². The largest absolute Gasteiger partial charge is 0.253 e. The molecular formula is C18H14OS2. The van der Waals surface area contributed by atoms with Gasteiger partial charge in [-0.25, -0.2) is 0 Å². The van der Waals surface area contributed by atoms with Crippen LogP contribution in [-0.2, 0) is 10.8 Å². The topological polar surface area (TPSA) is 17.1 Å². The summed E-state index contributed by atoms with van der Waals surface area (Å²) < 4.78 is 11.9. The third-order valence-electron chi connectivity index (χ3n) is 2.50. The van der Waals surface area contributed by atoms with Crippen molar-refractivity contribution in [2.24, 2.45) is 0 Å². The molecule has 1 atom stereocenters. The Hall–Kier alpha value is -1.94. The van der Waals surface area contributed by atoms with Crippen molar-refractivity contribution < 1.29 is 4.21 Å². The van der Waals surface area contributed by atoms with Crippen molar-refractivity contribution in [2.75, 3.05) is 11.5 Å². The standard InChI is InChI=1S/C18H14OS2/c19-21(18-13-7-4-8-14-18)16-10-2-1-9-15-20-17-11-5-3-6-12-17/h3-8,11-14H,15-16H2. The summed E-state index contributed by atoms with van der Waals surface area (Å²) in [5.41, 5.74) is 0. The number of benzene rings is 2. The molecule has 0 aromatic heterocycles. The lowest BCUT2D eigenvalue weighted by atomic mass is 10.4. The molecule has 1 nitrogen and oxygen atoms in total. The Balaban J connectivity index is 1.75. The maximum Gasteiger partial charge on any atom is 0.0904 e. The van der Waals surface area contributed by atoms with Crippen molar-refractivity contribution in [1.82, 2.24) is 0 Å². The summed E-state index contributed by atoms with van der Waals surface area (Å²) in [5, 5.41) is 0. The Bertz CT molecular complexity index is 701. The zero-order valence-corrected chi connectivity index (χ0v) is 13.0. The predicted octanol–water partition coefficient (Wildman–Crippen LogP) is 3.59. The highest BCUT2D eigenvalue weighted by molar-refractivity contribution is 7.99. The molecule has 21 heavy (non-hydrogen) atoms. The Morgan fingerprint density at radius 3 is 2.19 bits per heavy atom. The number of hydrogen-bond acceptors (Lipinski definition) is 2. The SMILES string of the molecule is O=S(CC#CC#CCSc1ccccc1)c1ccccc1. The minimum Gasteiger partial charge on any atom is -0.253 e. The molecule has 3 heteroatoms. The van der Waals surface area contributed by atoms with Gasteiger partial charge in [0, 0.05) is 9.79 Å². The Morgan fingerprint density at radius 2 is 1.48 bits per heavy atom. The first-order valence-corrected chi connectivity index (χ1v) is 8.74. The number of rotatable bonds is 4. The molecule has 0 aliphatic heterocycles. The fraction of sp³-hybridized carbons (Fsp3) is 0.111. The summed E-state index contributed by atoms with van der Waals surface area (Å²) in [7, 11) is -1.07. The lowest BCUT2D eigenvalue weighted by Gasteiger charge is -1.95. The van der Waals surface area contributed by atoms with Gasteiger partial charge in [-0.2, -0.15) is 0 Å². The first-order chi connectivity index (χ1) is 10.4. The van der Waals surface area contributed by atoms with Gasteiger partial charge in [0.2, 0.25) is 0 Å². The third kappa shape index (κ3) is 5.92. The van der Waals surface area contributed by atoms with Crippen molar-refractivity contribution >= 4 is 22.6 Å².